The minimum Gasteiger partial charge on any atom is -0.353 e. The van der Waals surface area contributed by atoms with Gasteiger partial charge in [-0.2, -0.15) is 0 Å². The lowest BCUT2D eigenvalue weighted by molar-refractivity contribution is -0.126. The van der Waals surface area contributed by atoms with Crippen molar-refractivity contribution < 1.29 is 4.79 Å². The monoisotopic (exact) mass is 293 g/mol. The van der Waals surface area contributed by atoms with Gasteiger partial charge in [-0.15, -0.1) is 11.6 Å². The van der Waals surface area contributed by atoms with Crippen LogP contribution in [0.4, 0.5) is 0 Å². The Morgan fingerprint density at radius 1 is 1.30 bits per heavy atom. The van der Waals surface area contributed by atoms with Crippen molar-refractivity contribution in [2.45, 2.75) is 46.1 Å². The Kier molecular flexibility index (Phi) is 4.74. The molecule has 1 aliphatic carbocycles. The van der Waals surface area contributed by atoms with E-state index in [4.69, 9.17) is 11.6 Å². The molecule has 1 atom stereocenters. The molecule has 0 aliphatic heterocycles. The smallest absolute Gasteiger partial charge is 0.224 e. The second-order valence-electron chi connectivity index (χ2n) is 6.78. The summed E-state index contributed by atoms with van der Waals surface area (Å²) < 4.78 is 0. The maximum absolute atomic E-state index is 12.5. The lowest BCUT2D eigenvalue weighted by atomic mass is 9.84. The van der Waals surface area contributed by atoms with Crippen LogP contribution in [-0.4, -0.2) is 17.8 Å². The van der Waals surface area contributed by atoms with Gasteiger partial charge in [0.05, 0.1) is 0 Å². The normalized spacial score (nSPS) is 16.8. The highest BCUT2D eigenvalue weighted by molar-refractivity contribution is 6.17. The molecule has 0 aromatic heterocycles. The highest BCUT2D eigenvalue weighted by Crippen LogP contribution is 2.28. The van der Waals surface area contributed by atoms with E-state index in [1.165, 1.54) is 11.1 Å². The average molecular weight is 294 g/mol. The van der Waals surface area contributed by atoms with Gasteiger partial charge in [0.25, 0.3) is 0 Å². The Morgan fingerprint density at radius 2 is 1.85 bits per heavy atom. The summed E-state index contributed by atoms with van der Waals surface area (Å²) in [5.41, 5.74) is 2.67. The van der Waals surface area contributed by atoms with E-state index in [0.29, 0.717) is 5.88 Å². The Hall–Kier alpha value is -1.02. The van der Waals surface area contributed by atoms with E-state index in [1.807, 2.05) is 12.1 Å². The lowest BCUT2D eigenvalue weighted by Crippen LogP contribution is -2.46. The van der Waals surface area contributed by atoms with Crippen LogP contribution in [0.1, 0.15) is 38.3 Å². The van der Waals surface area contributed by atoms with Gasteiger partial charge in [0.15, 0.2) is 0 Å². The topological polar surface area (TPSA) is 29.1 Å². The van der Waals surface area contributed by atoms with Gasteiger partial charge in [0.1, 0.15) is 0 Å². The molecule has 3 heteroatoms. The van der Waals surface area contributed by atoms with E-state index in [-0.39, 0.29) is 23.3 Å². The second kappa shape index (κ2) is 6.17. The molecule has 0 heterocycles. The maximum atomic E-state index is 12.5. The van der Waals surface area contributed by atoms with Gasteiger partial charge in [-0.1, -0.05) is 45.0 Å². The standard InChI is InChI=1S/C17H24ClNO/c1-17(2,3)15(8-9-18)19-16(20)14-10-12-6-4-5-7-13(12)11-14/h4-7,14-15H,8-11H2,1-3H3,(H,19,20). The van der Waals surface area contributed by atoms with Crippen LogP contribution in [0, 0.1) is 11.3 Å². The van der Waals surface area contributed by atoms with Gasteiger partial charge in [-0.25, -0.2) is 0 Å². The fourth-order valence-electron chi connectivity index (χ4n) is 2.86. The van der Waals surface area contributed by atoms with Crippen molar-refractivity contribution in [2.24, 2.45) is 11.3 Å². The van der Waals surface area contributed by atoms with E-state index in [1.54, 1.807) is 0 Å². The van der Waals surface area contributed by atoms with Gasteiger partial charge in [-0.3, -0.25) is 4.79 Å². The van der Waals surface area contributed by atoms with Gasteiger partial charge in [0.2, 0.25) is 5.91 Å². The van der Waals surface area contributed by atoms with Gasteiger partial charge < -0.3 is 5.32 Å². The molecule has 110 valence electrons. The van der Waals surface area contributed by atoms with E-state index < -0.39 is 0 Å². The van der Waals surface area contributed by atoms with Crippen molar-refractivity contribution in [2.75, 3.05) is 5.88 Å². The van der Waals surface area contributed by atoms with Crippen LogP contribution in [0.5, 0.6) is 0 Å². The zero-order valence-corrected chi connectivity index (χ0v) is 13.3. The fraction of sp³-hybridized carbons (Fsp3) is 0.588. The summed E-state index contributed by atoms with van der Waals surface area (Å²) in [5, 5.41) is 3.21. The number of fused-ring (bicyclic) bond motifs is 1. The number of rotatable bonds is 4. The molecule has 20 heavy (non-hydrogen) atoms. The van der Waals surface area contributed by atoms with Gasteiger partial charge in [-0.05, 0) is 35.8 Å². The Morgan fingerprint density at radius 3 is 2.30 bits per heavy atom. The molecule has 1 amide bonds. The van der Waals surface area contributed by atoms with Crippen LogP contribution in [0.25, 0.3) is 0 Å². The van der Waals surface area contributed by atoms with E-state index >= 15 is 0 Å². The first kappa shape index (κ1) is 15.4. The number of nitrogens with one attached hydrogen (secondary N) is 1. The summed E-state index contributed by atoms with van der Waals surface area (Å²) in [6.07, 6.45) is 2.54. The average Bonchev–Trinajstić information content (AvgIpc) is 2.80. The first-order valence-electron chi connectivity index (χ1n) is 7.35. The van der Waals surface area contributed by atoms with Crippen LogP contribution in [0.3, 0.4) is 0 Å². The quantitative estimate of drug-likeness (QED) is 0.845. The number of hydrogen-bond acceptors (Lipinski definition) is 1. The molecule has 1 aromatic rings. The maximum Gasteiger partial charge on any atom is 0.224 e. The number of hydrogen-bond donors (Lipinski definition) is 1. The lowest BCUT2D eigenvalue weighted by Gasteiger charge is -2.32. The predicted octanol–water partition coefficient (Wildman–Crippen LogP) is 3.56. The molecule has 0 saturated carbocycles. The zero-order chi connectivity index (χ0) is 14.8. The first-order chi connectivity index (χ1) is 9.41. The molecule has 1 N–H and O–H groups in total. The third-order valence-electron chi connectivity index (χ3n) is 4.18. The Labute approximate surface area is 126 Å². The molecule has 0 radical (unpaired) electrons. The molecule has 1 unspecified atom stereocenters. The largest absolute Gasteiger partial charge is 0.353 e. The third-order valence-corrected chi connectivity index (χ3v) is 4.40. The molecule has 1 aromatic carbocycles. The molecular formula is C17H24ClNO. The van der Waals surface area contributed by atoms with Crippen molar-refractivity contribution in [1.29, 1.82) is 0 Å². The molecule has 2 nitrogen and oxygen atoms in total. The zero-order valence-electron chi connectivity index (χ0n) is 12.6. The third kappa shape index (κ3) is 3.54. The van der Waals surface area contributed by atoms with E-state index in [9.17, 15) is 4.79 Å². The summed E-state index contributed by atoms with van der Waals surface area (Å²) in [6.45, 7) is 6.44. The number of halogens is 1. The van der Waals surface area contributed by atoms with Crippen LogP contribution < -0.4 is 5.32 Å². The van der Waals surface area contributed by atoms with E-state index in [2.05, 4.69) is 38.2 Å². The number of carbonyl (C=O) groups excluding carboxylic acids is 1. The molecule has 1 aliphatic rings. The Balaban J connectivity index is 1.99. The summed E-state index contributed by atoms with van der Waals surface area (Å²) in [6, 6.07) is 8.48. The van der Waals surface area contributed by atoms with Crippen molar-refractivity contribution in [3.63, 3.8) is 0 Å². The Bertz CT molecular complexity index is 453. The number of carbonyl (C=O) groups is 1. The highest BCUT2D eigenvalue weighted by atomic mass is 35.5. The van der Waals surface area contributed by atoms with Gasteiger partial charge in [0, 0.05) is 17.8 Å². The second-order valence-corrected chi connectivity index (χ2v) is 7.16. The fourth-order valence-corrected chi connectivity index (χ4v) is 3.08. The minimum absolute atomic E-state index is 0.0377. The van der Waals surface area contributed by atoms with Crippen molar-refractivity contribution in [3.8, 4) is 0 Å². The van der Waals surface area contributed by atoms with Crippen molar-refractivity contribution in [1.82, 2.24) is 5.32 Å². The summed E-state index contributed by atoms with van der Waals surface area (Å²) in [7, 11) is 0. The summed E-state index contributed by atoms with van der Waals surface area (Å²) in [5.74, 6) is 0.825. The number of benzene rings is 1. The van der Waals surface area contributed by atoms with Crippen LogP contribution in [0.2, 0.25) is 0 Å². The molecule has 0 saturated heterocycles. The van der Waals surface area contributed by atoms with Crippen molar-refractivity contribution in [3.05, 3.63) is 35.4 Å². The minimum atomic E-state index is 0.0377. The molecule has 0 fully saturated rings. The van der Waals surface area contributed by atoms with Crippen LogP contribution in [-0.2, 0) is 17.6 Å². The number of alkyl halides is 1. The SMILES string of the molecule is CC(C)(C)C(CCCl)NC(=O)C1Cc2ccccc2C1. The number of amides is 1. The summed E-state index contributed by atoms with van der Waals surface area (Å²) >= 11 is 5.87. The van der Waals surface area contributed by atoms with Crippen LogP contribution in [0.15, 0.2) is 24.3 Å². The molecule has 0 spiro atoms. The van der Waals surface area contributed by atoms with E-state index in [0.717, 1.165) is 19.3 Å². The molecule has 0 bridgehead atoms. The molecule has 2 rings (SSSR count). The van der Waals surface area contributed by atoms with Gasteiger partial charge >= 0.3 is 0 Å². The highest BCUT2D eigenvalue weighted by Gasteiger charge is 2.31. The van der Waals surface area contributed by atoms with Crippen molar-refractivity contribution >= 4 is 17.5 Å². The molecular weight excluding hydrogens is 270 g/mol. The predicted molar refractivity (Wildman–Crippen MR) is 84.1 cm³/mol. The van der Waals surface area contributed by atoms with Crippen LogP contribution >= 0.6 is 11.6 Å². The summed E-state index contributed by atoms with van der Waals surface area (Å²) in [4.78, 5) is 12.5. The first-order valence-corrected chi connectivity index (χ1v) is 7.88.